The van der Waals surface area contributed by atoms with Crippen LogP contribution in [0.15, 0.2) is 48.5 Å². The Hall–Kier alpha value is -2.82. The SMILES string of the molecule is CCCCOc1ccccc1C(=O)Nc1cccc(N2C(=O)CCC2C)c1. The van der Waals surface area contributed by atoms with E-state index in [1.807, 2.05) is 49.4 Å². The van der Waals surface area contributed by atoms with Crippen molar-refractivity contribution < 1.29 is 14.3 Å². The standard InChI is InChI=1S/C22H26N2O3/c1-3-4-14-27-20-11-6-5-10-19(20)22(26)23-17-8-7-9-18(15-17)24-16(2)12-13-21(24)25/h5-11,15-16H,3-4,12-14H2,1-2H3,(H,23,26). The lowest BCUT2D eigenvalue weighted by Gasteiger charge is -2.22. The summed E-state index contributed by atoms with van der Waals surface area (Å²) in [5, 5.41) is 2.93. The molecule has 1 saturated heterocycles. The van der Waals surface area contributed by atoms with Gasteiger partial charge in [-0.25, -0.2) is 0 Å². The Kier molecular flexibility index (Phi) is 6.12. The van der Waals surface area contributed by atoms with Crippen molar-refractivity contribution in [2.24, 2.45) is 0 Å². The average Bonchev–Trinajstić information content (AvgIpc) is 3.01. The van der Waals surface area contributed by atoms with Crippen molar-refractivity contribution >= 4 is 23.2 Å². The van der Waals surface area contributed by atoms with Gasteiger partial charge in [-0.15, -0.1) is 0 Å². The van der Waals surface area contributed by atoms with Crippen LogP contribution in [0.1, 0.15) is 49.9 Å². The highest BCUT2D eigenvalue weighted by Gasteiger charge is 2.28. The normalized spacial score (nSPS) is 16.4. The first-order valence-electron chi connectivity index (χ1n) is 9.55. The third-order valence-electron chi connectivity index (χ3n) is 4.75. The number of hydrogen-bond acceptors (Lipinski definition) is 3. The van der Waals surface area contributed by atoms with Crippen LogP contribution in [0.2, 0.25) is 0 Å². The summed E-state index contributed by atoms with van der Waals surface area (Å²) in [5.41, 5.74) is 1.98. The van der Waals surface area contributed by atoms with E-state index < -0.39 is 0 Å². The molecule has 0 bridgehead atoms. The predicted molar refractivity (Wildman–Crippen MR) is 107 cm³/mol. The molecule has 0 aliphatic carbocycles. The minimum absolute atomic E-state index is 0.126. The van der Waals surface area contributed by atoms with Crippen molar-refractivity contribution in [3.05, 3.63) is 54.1 Å². The third kappa shape index (κ3) is 4.48. The number of amides is 2. The fourth-order valence-electron chi connectivity index (χ4n) is 3.26. The number of ether oxygens (including phenoxy) is 1. The van der Waals surface area contributed by atoms with Gasteiger partial charge < -0.3 is 15.0 Å². The summed E-state index contributed by atoms with van der Waals surface area (Å²) in [5.74, 6) is 0.489. The number of carbonyl (C=O) groups excluding carboxylic acids is 2. The zero-order chi connectivity index (χ0) is 19.2. The van der Waals surface area contributed by atoms with Gasteiger partial charge in [-0.1, -0.05) is 31.5 Å². The zero-order valence-corrected chi connectivity index (χ0v) is 15.9. The molecule has 1 aliphatic rings. The van der Waals surface area contributed by atoms with E-state index in [1.54, 1.807) is 11.0 Å². The van der Waals surface area contributed by atoms with Crippen LogP contribution in [-0.4, -0.2) is 24.5 Å². The molecular formula is C22H26N2O3. The maximum Gasteiger partial charge on any atom is 0.259 e. The van der Waals surface area contributed by atoms with Crippen LogP contribution < -0.4 is 15.0 Å². The van der Waals surface area contributed by atoms with Gasteiger partial charge in [-0.05, 0) is 50.1 Å². The minimum atomic E-state index is -0.222. The van der Waals surface area contributed by atoms with E-state index in [2.05, 4.69) is 12.2 Å². The number of unbranched alkanes of at least 4 members (excludes halogenated alkanes) is 1. The highest BCUT2D eigenvalue weighted by Crippen LogP contribution is 2.29. The van der Waals surface area contributed by atoms with Gasteiger partial charge in [0.2, 0.25) is 5.91 Å². The Morgan fingerprint density at radius 3 is 2.78 bits per heavy atom. The van der Waals surface area contributed by atoms with E-state index >= 15 is 0 Å². The van der Waals surface area contributed by atoms with Crippen molar-refractivity contribution in [1.82, 2.24) is 0 Å². The Bertz CT molecular complexity index is 819. The van der Waals surface area contributed by atoms with Gasteiger partial charge in [0, 0.05) is 23.8 Å². The molecule has 1 heterocycles. The Labute approximate surface area is 160 Å². The average molecular weight is 366 g/mol. The number of para-hydroxylation sites is 1. The predicted octanol–water partition coefficient (Wildman–Crippen LogP) is 4.63. The van der Waals surface area contributed by atoms with E-state index in [-0.39, 0.29) is 17.9 Å². The molecule has 2 amide bonds. The maximum absolute atomic E-state index is 12.8. The number of rotatable bonds is 7. The van der Waals surface area contributed by atoms with Crippen LogP contribution in [0.4, 0.5) is 11.4 Å². The molecule has 0 saturated carbocycles. The first-order chi connectivity index (χ1) is 13.1. The number of benzene rings is 2. The molecule has 5 nitrogen and oxygen atoms in total. The summed E-state index contributed by atoms with van der Waals surface area (Å²) in [4.78, 5) is 26.7. The Balaban J connectivity index is 1.75. The molecule has 27 heavy (non-hydrogen) atoms. The molecule has 0 spiro atoms. The van der Waals surface area contributed by atoms with Crippen LogP contribution in [-0.2, 0) is 4.79 Å². The third-order valence-corrected chi connectivity index (χ3v) is 4.75. The highest BCUT2D eigenvalue weighted by atomic mass is 16.5. The quantitative estimate of drug-likeness (QED) is 0.727. The second kappa shape index (κ2) is 8.71. The second-order valence-corrected chi connectivity index (χ2v) is 6.85. The van der Waals surface area contributed by atoms with Crippen molar-refractivity contribution in [1.29, 1.82) is 0 Å². The molecule has 2 aromatic carbocycles. The first-order valence-corrected chi connectivity index (χ1v) is 9.55. The molecule has 0 radical (unpaired) electrons. The van der Waals surface area contributed by atoms with Gasteiger partial charge in [-0.2, -0.15) is 0 Å². The molecule has 142 valence electrons. The van der Waals surface area contributed by atoms with E-state index in [9.17, 15) is 9.59 Å². The maximum atomic E-state index is 12.8. The lowest BCUT2D eigenvalue weighted by atomic mass is 10.1. The topological polar surface area (TPSA) is 58.6 Å². The summed E-state index contributed by atoms with van der Waals surface area (Å²) >= 11 is 0. The van der Waals surface area contributed by atoms with Gasteiger partial charge in [0.1, 0.15) is 5.75 Å². The molecule has 1 aliphatic heterocycles. The molecular weight excluding hydrogens is 340 g/mol. The molecule has 0 aromatic heterocycles. The largest absolute Gasteiger partial charge is 0.493 e. The van der Waals surface area contributed by atoms with Gasteiger partial charge >= 0.3 is 0 Å². The van der Waals surface area contributed by atoms with Crippen LogP contribution in [0.3, 0.4) is 0 Å². The monoisotopic (exact) mass is 366 g/mol. The van der Waals surface area contributed by atoms with Gasteiger partial charge in [0.25, 0.3) is 5.91 Å². The number of nitrogens with one attached hydrogen (secondary N) is 1. The fraction of sp³-hybridized carbons (Fsp3) is 0.364. The second-order valence-electron chi connectivity index (χ2n) is 6.85. The molecule has 3 rings (SSSR count). The molecule has 1 N–H and O–H groups in total. The summed E-state index contributed by atoms with van der Waals surface area (Å²) in [7, 11) is 0. The summed E-state index contributed by atoms with van der Waals surface area (Å²) in [6.07, 6.45) is 3.41. The molecule has 1 unspecified atom stereocenters. The smallest absolute Gasteiger partial charge is 0.259 e. The zero-order valence-electron chi connectivity index (χ0n) is 15.9. The number of anilines is 2. The van der Waals surface area contributed by atoms with Crippen molar-refractivity contribution in [3.63, 3.8) is 0 Å². The summed E-state index contributed by atoms with van der Waals surface area (Å²) < 4.78 is 5.76. The number of nitrogens with zero attached hydrogens (tertiary/aromatic N) is 1. The van der Waals surface area contributed by atoms with Crippen LogP contribution in [0.25, 0.3) is 0 Å². The van der Waals surface area contributed by atoms with E-state index in [4.69, 9.17) is 4.74 Å². The molecule has 2 aromatic rings. The van der Waals surface area contributed by atoms with Crippen LogP contribution in [0, 0.1) is 0 Å². The summed E-state index contributed by atoms with van der Waals surface area (Å²) in [6, 6.07) is 14.9. The molecule has 5 heteroatoms. The van der Waals surface area contributed by atoms with Crippen LogP contribution in [0.5, 0.6) is 5.75 Å². The number of carbonyl (C=O) groups is 2. The highest BCUT2D eigenvalue weighted by molar-refractivity contribution is 6.06. The van der Waals surface area contributed by atoms with E-state index in [0.29, 0.717) is 30.0 Å². The van der Waals surface area contributed by atoms with Crippen molar-refractivity contribution in [2.75, 3.05) is 16.8 Å². The molecule has 1 atom stereocenters. The summed E-state index contributed by atoms with van der Waals surface area (Å²) in [6.45, 7) is 4.73. The lowest BCUT2D eigenvalue weighted by molar-refractivity contribution is -0.117. The van der Waals surface area contributed by atoms with Gasteiger partial charge in [-0.3, -0.25) is 9.59 Å². The van der Waals surface area contributed by atoms with Gasteiger partial charge in [0.15, 0.2) is 0 Å². The molecule has 1 fully saturated rings. The van der Waals surface area contributed by atoms with Crippen molar-refractivity contribution in [3.8, 4) is 5.75 Å². The van der Waals surface area contributed by atoms with Crippen LogP contribution >= 0.6 is 0 Å². The van der Waals surface area contributed by atoms with Crippen molar-refractivity contribution in [2.45, 2.75) is 45.6 Å². The lowest BCUT2D eigenvalue weighted by Crippen LogP contribution is -2.30. The van der Waals surface area contributed by atoms with Gasteiger partial charge in [0.05, 0.1) is 12.2 Å². The Morgan fingerprint density at radius 2 is 2.04 bits per heavy atom. The number of hydrogen-bond donors (Lipinski definition) is 1. The first kappa shape index (κ1) is 19.0. The minimum Gasteiger partial charge on any atom is -0.493 e. The van der Waals surface area contributed by atoms with E-state index in [1.165, 1.54) is 0 Å². The van der Waals surface area contributed by atoms with E-state index in [0.717, 1.165) is 24.9 Å². The Morgan fingerprint density at radius 1 is 1.22 bits per heavy atom. The fourth-order valence-corrected chi connectivity index (χ4v) is 3.26.